The monoisotopic (exact) mass is 830 g/mol. The number of aromatic nitrogens is 4. The van der Waals surface area contributed by atoms with Crippen molar-refractivity contribution in [2.45, 2.75) is 77.5 Å². The molecule has 4 atom stereocenters. The molecule has 0 saturated carbocycles. The third-order valence-corrected chi connectivity index (χ3v) is 12.2. The number of nitrogens with zero attached hydrogens (tertiary/aromatic N) is 5. The van der Waals surface area contributed by atoms with Gasteiger partial charge in [0.1, 0.15) is 34.9 Å². The van der Waals surface area contributed by atoms with Crippen molar-refractivity contribution in [3.05, 3.63) is 82.8 Å². The van der Waals surface area contributed by atoms with Gasteiger partial charge in [0.05, 0.1) is 53.7 Å². The van der Waals surface area contributed by atoms with Gasteiger partial charge in [-0.3, -0.25) is 19.3 Å². The summed E-state index contributed by atoms with van der Waals surface area (Å²) in [5, 5.41) is 14.8. The number of likely N-dealkylation sites (N-methyl/N-ethyl adjacent to an activating group) is 1. The maximum atomic E-state index is 14.1. The van der Waals surface area contributed by atoms with Crippen molar-refractivity contribution in [3.63, 3.8) is 0 Å². The summed E-state index contributed by atoms with van der Waals surface area (Å²) in [6.45, 7) is 8.50. The Kier molecular flexibility index (Phi) is 11.0. The summed E-state index contributed by atoms with van der Waals surface area (Å²) in [5.74, 6) is 0.496. The fourth-order valence-corrected chi connectivity index (χ4v) is 9.01. The SMILES string of the molecule is COC(=O)NC(C(=O)N1CCC[C@H]1c1ncc(-c2ccc3c(=O)c4c(ccc5cc(-c6cnc([C@@H]7CCCN7C(=O)C(C(C)C)N(C)C(=O)O)[nH]6)ccc54)oc3c2)[nH]1)C(C)C. The molecule has 8 rings (SSSR count). The zero-order chi connectivity index (χ0) is 43.3. The van der Waals surface area contributed by atoms with Gasteiger partial charge in [-0.2, -0.15) is 0 Å². The summed E-state index contributed by atoms with van der Waals surface area (Å²) < 4.78 is 11.1. The van der Waals surface area contributed by atoms with E-state index in [2.05, 4.69) is 25.3 Å². The molecule has 4 N–H and O–H groups in total. The number of hydrogen-bond acceptors (Lipinski definition) is 9. The van der Waals surface area contributed by atoms with E-state index in [4.69, 9.17) is 9.15 Å². The Morgan fingerprint density at radius 2 is 1.41 bits per heavy atom. The lowest BCUT2D eigenvalue weighted by Gasteiger charge is -2.33. The van der Waals surface area contributed by atoms with Crippen molar-refractivity contribution in [2.24, 2.45) is 11.8 Å². The first-order valence-electron chi connectivity index (χ1n) is 20.7. The standard InChI is InChI=1S/C45H50N8O8/c1-23(2)37(50-44(57)60-6)42(55)52-17-7-9-32(52)40-47-22-31(49-40)27-12-15-29-35(20-27)61-34-16-13-25-19-26(11-14-28(25)36(34)39(29)54)30-21-46-41(48-30)33-10-8-18-53(33)43(56)38(24(3)4)51(5)45(58)59/h11-16,19-24,32-33,37-38H,7-10,17-18H2,1-6H3,(H,46,48)(H,47,49)(H,50,57)(H,58,59)/t32-,33-,37?,38?/m0/s1. The Morgan fingerprint density at radius 1 is 0.820 bits per heavy atom. The van der Waals surface area contributed by atoms with Crippen molar-refractivity contribution in [3.8, 4) is 22.5 Å². The Balaban J connectivity index is 1.04. The van der Waals surface area contributed by atoms with E-state index in [0.717, 1.165) is 45.3 Å². The quantitative estimate of drug-likeness (QED) is 0.0805. The number of aromatic amines is 2. The number of methoxy groups -OCH3 is 1. The van der Waals surface area contributed by atoms with Gasteiger partial charge in [-0.25, -0.2) is 19.6 Å². The molecular formula is C45H50N8O8. The van der Waals surface area contributed by atoms with E-state index >= 15 is 0 Å². The second-order valence-corrected chi connectivity index (χ2v) is 16.7. The molecule has 0 bridgehead atoms. The molecule has 16 nitrogen and oxygen atoms in total. The molecule has 5 heterocycles. The number of H-pyrrole nitrogens is 2. The van der Waals surface area contributed by atoms with Crippen LogP contribution in [0.1, 0.15) is 77.1 Å². The predicted octanol–water partition coefficient (Wildman–Crippen LogP) is 7.22. The molecule has 318 valence electrons. The Bertz CT molecular complexity index is 2740. The summed E-state index contributed by atoms with van der Waals surface area (Å²) in [6.07, 6.45) is 4.64. The minimum atomic E-state index is -1.15. The van der Waals surface area contributed by atoms with Gasteiger partial charge in [-0.1, -0.05) is 52.0 Å². The van der Waals surface area contributed by atoms with E-state index in [1.165, 1.54) is 14.2 Å². The van der Waals surface area contributed by atoms with Crippen molar-refractivity contribution in [2.75, 3.05) is 27.2 Å². The highest BCUT2D eigenvalue weighted by Crippen LogP contribution is 2.36. The molecule has 0 aliphatic carbocycles. The lowest BCUT2D eigenvalue weighted by atomic mass is 10.0. The molecule has 6 aromatic rings. The number of imidazole rings is 2. The molecule has 2 aliphatic heterocycles. The average molecular weight is 831 g/mol. The molecule has 3 aromatic heterocycles. The minimum Gasteiger partial charge on any atom is -0.465 e. The van der Waals surface area contributed by atoms with Crippen LogP contribution in [-0.2, 0) is 14.3 Å². The van der Waals surface area contributed by atoms with Crippen molar-refractivity contribution in [1.82, 2.24) is 40.0 Å². The van der Waals surface area contributed by atoms with Crippen molar-refractivity contribution >= 4 is 56.7 Å². The highest BCUT2D eigenvalue weighted by atomic mass is 16.5. The number of ether oxygens (including phenoxy) is 1. The Morgan fingerprint density at radius 3 is 1.98 bits per heavy atom. The first kappa shape index (κ1) is 41.0. The number of fused-ring (bicyclic) bond motifs is 4. The number of alkyl carbamates (subject to hydrolysis) is 1. The fourth-order valence-electron chi connectivity index (χ4n) is 9.01. The minimum absolute atomic E-state index is 0.148. The topological polar surface area (TPSA) is 207 Å². The number of benzene rings is 3. The van der Waals surface area contributed by atoms with Crippen LogP contribution in [0.5, 0.6) is 0 Å². The van der Waals surface area contributed by atoms with E-state index in [9.17, 15) is 29.1 Å². The number of carbonyl (C=O) groups excluding carboxylic acids is 3. The summed E-state index contributed by atoms with van der Waals surface area (Å²) in [5.41, 5.74) is 3.79. The maximum Gasteiger partial charge on any atom is 0.407 e. The molecule has 0 radical (unpaired) electrons. The second-order valence-electron chi connectivity index (χ2n) is 16.7. The Hall–Kier alpha value is -6.71. The zero-order valence-electron chi connectivity index (χ0n) is 35.0. The molecule has 2 aliphatic rings. The van der Waals surface area contributed by atoms with Crippen LogP contribution >= 0.6 is 0 Å². The Labute approximate surface area is 351 Å². The highest BCUT2D eigenvalue weighted by Gasteiger charge is 2.40. The van der Waals surface area contributed by atoms with Gasteiger partial charge in [-0.15, -0.1) is 0 Å². The molecule has 61 heavy (non-hydrogen) atoms. The lowest BCUT2D eigenvalue weighted by Crippen LogP contribution is -2.51. The molecule has 16 heteroatoms. The van der Waals surface area contributed by atoms with Crippen LogP contribution in [0.3, 0.4) is 0 Å². The summed E-state index contributed by atoms with van der Waals surface area (Å²) in [6, 6.07) is 12.8. The average Bonchev–Trinajstić information content (AvgIpc) is 4.09. The predicted molar refractivity (Wildman–Crippen MR) is 229 cm³/mol. The second kappa shape index (κ2) is 16.4. The molecule has 2 saturated heterocycles. The number of rotatable bonds is 10. The van der Waals surface area contributed by atoms with E-state index in [1.807, 2.05) is 64.1 Å². The van der Waals surface area contributed by atoms with Gasteiger partial charge in [0.15, 0.2) is 0 Å². The third kappa shape index (κ3) is 7.55. The summed E-state index contributed by atoms with van der Waals surface area (Å²) in [4.78, 5) is 86.0. The van der Waals surface area contributed by atoms with Gasteiger partial charge < -0.3 is 39.3 Å². The van der Waals surface area contributed by atoms with Gasteiger partial charge >= 0.3 is 12.2 Å². The van der Waals surface area contributed by atoms with Crippen LogP contribution in [-0.4, -0.2) is 103 Å². The number of hydrogen-bond donors (Lipinski definition) is 4. The highest BCUT2D eigenvalue weighted by molar-refractivity contribution is 6.09. The zero-order valence-corrected chi connectivity index (χ0v) is 35.0. The lowest BCUT2D eigenvalue weighted by molar-refractivity contribution is -0.138. The summed E-state index contributed by atoms with van der Waals surface area (Å²) >= 11 is 0. The van der Waals surface area contributed by atoms with Crippen LogP contribution < -0.4 is 10.7 Å². The number of carboxylic acid groups (broad SMARTS) is 1. The van der Waals surface area contributed by atoms with Crippen molar-refractivity contribution < 1.29 is 33.4 Å². The maximum absolute atomic E-state index is 14.1. The van der Waals surface area contributed by atoms with Crippen LogP contribution in [0.4, 0.5) is 9.59 Å². The molecule has 2 fully saturated rings. The first-order valence-corrected chi connectivity index (χ1v) is 20.7. The smallest absolute Gasteiger partial charge is 0.407 e. The number of nitrogens with one attached hydrogen (secondary N) is 3. The number of likely N-dealkylation sites (tertiary alicyclic amines) is 2. The normalized spacial score (nSPS) is 17.8. The first-order chi connectivity index (χ1) is 29.2. The fraction of sp³-hybridized carbons (Fsp3) is 0.400. The molecule has 0 spiro atoms. The van der Waals surface area contributed by atoms with Gasteiger partial charge in [0.25, 0.3) is 0 Å². The van der Waals surface area contributed by atoms with Crippen LogP contribution in [0.2, 0.25) is 0 Å². The molecular weight excluding hydrogens is 781 g/mol. The van der Waals surface area contributed by atoms with Crippen LogP contribution in [0.25, 0.3) is 55.2 Å². The number of amides is 4. The number of carbonyl (C=O) groups is 4. The van der Waals surface area contributed by atoms with E-state index in [1.54, 1.807) is 34.3 Å². The third-order valence-electron chi connectivity index (χ3n) is 12.2. The molecule has 4 amide bonds. The van der Waals surface area contributed by atoms with Gasteiger partial charge in [-0.05, 0) is 72.6 Å². The molecule has 3 aromatic carbocycles. The van der Waals surface area contributed by atoms with Gasteiger partial charge in [0.2, 0.25) is 17.2 Å². The van der Waals surface area contributed by atoms with E-state index in [0.29, 0.717) is 65.2 Å². The summed E-state index contributed by atoms with van der Waals surface area (Å²) in [7, 11) is 2.70. The van der Waals surface area contributed by atoms with Crippen molar-refractivity contribution in [1.29, 1.82) is 0 Å². The van der Waals surface area contributed by atoms with E-state index < -0.39 is 24.3 Å². The molecule has 2 unspecified atom stereocenters. The van der Waals surface area contributed by atoms with Crippen LogP contribution in [0, 0.1) is 11.8 Å². The largest absolute Gasteiger partial charge is 0.465 e. The van der Waals surface area contributed by atoms with E-state index in [-0.39, 0.29) is 41.2 Å². The van der Waals surface area contributed by atoms with Gasteiger partial charge in [0, 0.05) is 31.3 Å². The van der Waals surface area contributed by atoms with Crippen LogP contribution in [0.15, 0.2) is 70.1 Å².